The van der Waals surface area contributed by atoms with Gasteiger partial charge in [-0.05, 0) is 48.5 Å². The molecule has 0 aliphatic rings. The monoisotopic (exact) mass is 451 g/mol. The summed E-state index contributed by atoms with van der Waals surface area (Å²) in [5.74, 6) is -2.74. The van der Waals surface area contributed by atoms with Gasteiger partial charge in [-0.25, -0.2) is 31.3 Å². The van der Waals surface area contributed by atoms with Gasteiger partial charge in [0, 0.05) is 19.0 Å². The minimum absolute atomic E-state index is 0.212. The molecule has 0 atom stereocenters. The highest BCUT2D eigenvalue weighted by Crippen LogP contribution is 2.20. The van der Waals surface area contributed by atoms with Crippen molar-refractivity contribution >= 4 is 21.6 Å². The van der Waals surface area contributed by atoms with E-state index in [4.69, 9.17) is 4.74 Å². The van der Waals surface area contributed by atoms with Crippen molar-refractivity contribution in [3.05, 3.63) is 78.2 Å². The molecule has 31 heavy (non-hydrogen) atoms. The Kier molecular flexibility index (Phi) is 6.88. The van der Waals surface area contributed by atoms with Crippen LogP contribution in [0, 0.1) is 17.5 Å². The number of anilines is 1. The molecule has 0 fully saturated rings. The van der Waals surface area contributed by atoms with E-state index in [2.05, 4.69) is 15.0 Å². The van der Waals surface area contributed by atoms with E-state index in [1.54, 1.807) is 0 Å². The molecule has 11 heteroatoms. The molecule has 0 unspecified atom stereocenters. The molecule has 1 heterocycles. The first-order valence-corrected chi connectivity index (χ1v) is 10.4. The average Bonchev–Trinajstić information content (AvgIpc) is 2.73. The van der Waals surface area contributed by atoms with Crippen LogP contribution in [-0.4, -0.2) is 25.9 Å². The molecule has 0 aliphatic heterocycles. The molecule has 162 valence electrons. The number of ether oxygens (including phenoxy) is 1. The molecule has 0 spiro atoms. The van der Waals surface area contributed by atoms with Crippen LogP contribution in [0.15, 0.2) is 65.7 Å². The minimum Gasteiger partial charge on any atom is -0.439 e. The SMILES string of the molecule is O=C(CCNS(=O)(=O)c1ccc(F)c(F)c1)Nc1ccc(Oc2ccc(F)cc2)nc1. The zero-order valence-electron chi connectivity index (χ0n) is 15.8. The molecule has 0 saturated carbocycles. The lowest BCUT2D eigenvalue weighted by atomic mass is 10.3. The third-order valence-electron chi connectivity index (χ3n) is 3.90. The highest BCUT2D eigenvalue weighted by atomic mass is 32.2. The zero-order chi connectivity index (χ0) is 22.4. The Balaban J connectivity index is 1.49. The van der Waals surface area contributed by atoms with Crippen molar-refractivity contribution in [1.29, 1.82) is 0 Å². The van der Waals surface area contributed by atoms with E-state index in [0.717, 1.165) is 6.07 Å². The molecule has 1 aromatic heterocycles. The van der Waals surface area contributed by atoms with Crippen LogP contribution in [0.3, 0.4) is 0 Å². The average molecular weight is 451 g/mol. The molecule has 7 nitrogen and oxygen atoms in total. The van der Waals surface area contributed by atoms with Gasteiger partial charge >= 0.3 is 0 Å². The summed E-state index contributed by atoms with van der Waals surface area (Å²) >= 11 is 0. The summed E-state index contributed by atoms with van der Waals surface area (Å²) in [6.07, 6.45) is 1.12. The summed E-state index contributed by atoms with van der Waals surface area (Å²) in [6.45, 7) is -0.258. The minimum atomic E-state index is -4.10. The van der Waals surface area contributed by atoms with E-state index >= 15 is 0 Å². The van der Waals surface area contributed by atoms with E-state index in [1.165, 1.54) is 42.6 Å². The highest BCUT2D eigenvalue weighted by molar-refractivity contribution is 7.89. The van der Waals surface area contributed by atoms with Gasteiger partial charge in [0.15, 0.2) is 11.6 Å². The van der Waals surface area contributed by atoms with Gasteiger partial charge in [0.05, 0.1) is 16.8 Å². The van der Waals surface area contributed by atoms with E-state index in [-0.39, 0.29) is 18.8 Å². The molecule has 1 amide bonds. The van der Waals surface area contributed by atoms with Gasteiger partial charge < -0.3 is 10.1 Å². The van der Waals surface area contributed by atoms with Gasteiger partial charge in [0.1, 0.15) is 11.6 Å². The van der Waals surface area contributed by atoms with Crippen molar-refractivity contribution in [2.24, 2.45) is 0 Å². The number of carbonyl (C=O) groups excluding carboxylic acids is 1. The van der Waals surface area contributed by atoms with E-state index < -0.39 is 38.3 Å². The van der Waals surface area contributed by atoms with Crippen LogP contribution in [0.5, 0.6) is 11.6 Å². The number of rotatable bonds is 8. The Hall–Kier alpha value is -3.44. The van der Waals surface area contributed by atoms with Crippen LogP contribution in [0.4, 0.5) is 18.9 Å². The fourth-order valence-electron chi connectivity index (χ4n) is 2.39. The van der Waals surface area contributed by atoms with Crippen LogP contribution >= 0.6 is 0 Å². The Labute approximate surface area is 175 Å². The second kappa shape index (κ2) is 9.58. The Morgan fingerprint density at radius 3 is 2.35 bits per heavy atom. The lowest BCUT2D eigenvalue weighted by Crippen LogP contribution is -2.28. The summed E-state index contributed by atoms with van der Waals surface area (Å²) < 4.78 is 70.7. The number of halogens is 3. The van der Waals surface area contributed by atoms with Gasteiger partial charge in [-0.1, -0.05) is 0 Å². The van der Waals surface area contributed by atoms with Gasteiger partial charge in [-0.15, -0.1) is 0 Å². The molecule has 0 radical (unpaired) electrons. The number of hydrogen-bond acceptors (Lipinski definition) is 5. The number of amides is 1. The van der Waals surface area contributed by atoms with Gasteiger partial charge in [-0.3, -0.25) is 4.79 Å². The number of nitrogens with zero attached hydrogens (tertiary/aromatic N) is 1. The number of sulfonamides is 1. The first-order valence-electron chi connectivity index (χ1n) is 8.87. The van der Waals surface area contributed by atoms with Crippen LogP contribution in [0.2, 0.25) is 0 Å². The highest BCUT2D eigenvalue weighted by Gasteiger charge is 2.16. The summed E-state index contributed by atoms with van der Waals surface area (Å²) in [6, 6.07) is 10.5. The predicted octanol–water partition coefficient (Wildman–Crippen LogP) is 3.60. The number of carbonyl (C=O) groups is 1. The maximum Gasteiger partial charge on any atom is 0.240 e. The summed E-state index contributed by atoms with van der Waals surface area (Å²) in [5.41, 5.74) is 0.347. The number of nitrogens with one attached hydrogen (secondary N) is 2. The van der Waals surface area contributed by atoms with Crippen molar-refractivity contribution in [1.82, 2.24) is 9.71 Å². The molecular weight excluding hydrogens is 435 g/mol. The molecule has 0 bridgehead atoms. The van der Waals surface area contributed by atoms with Crippen molar-refractivity contribution in [3.8, 4) is 11.6 Å². The second-order valence-electron chi connectivity index (χ2n) is 6.21. The lowest BCUT2D eigenvalue weighted by molar-refractivity contribution is -0.116. The molecule has 2 N–H and O–H groups in total. The van der Waals surface area contributed by atoms with Crippen LogP contribution in [-0.2, 0) is 14.8 Å². The first kappa shape index (κ1) is 22.2. The number of pyridine rings is 1. The van der Waals surface area contributed by atoms with Gasteiger partial charge in [-0.2, -0.15) is 0 Å². The Bertz CT molecular complexity index is 1170. The number of aromatic nitrogens is 1. The maximum absolute atomic E-state index is 13.2. The standard InChI is InChI=1S/C20H16F3N3O4S/c21-13-1-4-15(5-2-13)30-20-8-3-14(12-24-20)26-19(27)9-10-25-31(28,29)16-6-7-17(22)18(23)11-16/h1-8,11-12,25H,9-10H2,(H,26,27). The fraction of sp³-hybridized carbons (Fsp3) is 0.100. The maximum atomic E-state index is 13.2. The van der Waals surface area contributed by atoms with Crippen molar-refractivity contribution < 1.29 is 31.1 Å². The number of benzene rings is 2. The van der Waals surface area contributed by atoms with Gasteiger partial charge in [0.25, 0.3) is 0 Å². The summed E-state index contributed by atoms with van der Waals surface area (Å²) in [5, 5.41) is 2.53. The number of hydrogen-bond donors (Lipinski definition) is 2. The summed E-state index contributed by atoms with van der Waals surface area (Å²) in [4.78, 5) is 15.6. The molecule has 3 rings (SSSR count). The Morgan fingerprint density at radius 2 is 1.71 bits per heavy atom. The van der Waals surface area contributed by atoms with E-state index in [1.807, 2.05) is 0 Å². The van der Waals surface area contributed by atoms with Gasteiger partial charge in [0.2, 0.25) is 21.8 Å². The lowest BCUT2D eigenvalue weighted by Gasteiger charge is -2.09. The quantitative estimate of drug-likeness (QED) is 0.546. The summed E-state index contributed by atoms with van der Waals surface area (Å²) in [7, 11) is -4.10. The Morgan fingerprint density at radius 1 is 0.968 bits per heavy atom. The van der Waals surface area contributed by atoms with Crippen molar-refractivity contribution in [3.63, 3.8) is 0 Å². The van der Waals surface area contributed by atoms with E-state index in [9.17, 15) is 26.4 Å². The second-order valence-corrected chi connectivity index (χ2v) is 7.98. The molecular formula is C20H16F3N3O4S. The molecule has 2 aromatic carbocycles. The first-order chi connectivity index (χ1) is 14.7. The smallest absolute Gasteiger partial charge is 0.240 e. The largest absolute Gasteiger partial charge is 0.439 e. The van der Waals surface area contributed by atoms with Crippen LogP contribution < -0.4 is 14.8 Å². The third kappa shape index (κ3) is 6.27. The molecule has 0 saturated heterocycles. The zero-order valence-corrected chi connectivity index (χ0v) is 16.6. The fourth-order valence-corrected chi connectivity index (χ4v) is 3.43. The van der Waals surface area contributed by atoms with Crippen LogP contribution in [0.1, 0.15) is 6.42 Å². The van der Waals surface area contributed by atoms with Crippen molar-refractivity contribution in [2.75, 3.05) is 11.9 Å². The third-order valence-corrected chi connectivity index (χ3v) is 5.36. The predicted molar refractivity (Wildman–Crippen MR) is 106 cm³/mol. The van der Waals surface area contributed by atoms with Crippen molar-refractivity contribution in [2.45, 2.75) is 11.3 Å². The van der Waals surface area contributed by atoms with Crippen LogP contribution in [0.25, 0.3) is 0 Å². The molecule has 0 aliphatic carbocycles. The molecule has 3 aromatic rings. The normalized spacial score (nSPS) is 11.2. The topological polar surface area (TPSA) is 97.4 Å². The van der Waals surface area contributed by atoms with E-state index in [0.29, 0.717) is 23.6 Å².